The number of hydrogen-bond acceptors (Lipinski definition) is 2. The standard InChI is InChI=1S/C16H30N2O/c1-16(2)9-4-3-7-14(16)15(19)18-11-8-13-6-5-10-17-12-13/h13-14,17H,3-12H2,1-2H3,(H,18,19). The van der Waals surface area contributed by atoms with Crippen molar-refractivity contribution in [1.82, 2.24) is 10.6 Å². The largest absolute Gasteiger partial charge is 0.356 e. The number of piperidine rings is 1. The van der Waals surface area contributed by atoms with Crippen molar-refractivity contribution in [2.24, 2.45) is 17.3 Å². The molecule has 2 aliphatic rings. The van der Waals surface area contributed by atoms with E-state index in [2.05, 4.69) is 24.5 Å². The molecule has 1 heterocycles. The van der Waals surface area contributed by atoms with E-state index in [0.717, 1.165) is 31.8 Å². The van der Waals surface area contributed by atoms with Crippen LogP contribution in [0, 0.1) is 17.3 Å². The van der Waals surface area contributed by atoms with E-state index in [-0.39, 0.29) is 11.3 Å². The van der Waals surface area contributed by atoms with E-state index in [4.69, 9.17) is 0 Å². The summed E-state index contributed by atoms with van der Waals surface area (Å²) in [5, 5.41) is 6.63. The van der Waals surface area contributed by atoms with Crippen LogP contribution in [0.1, 0.15) is 58.8 Å². The first-order valence-corrected chi connectivity index (χ1v) is 8.08. The lowest BCUT2D eigenvalue weighted by Gasteiger charge is -2.37. The van der Waals surface area contributed by atoms with E-state index >= 15 is 0 Å². The molecule has 19 heavy (non-hydrogen) atoms. The van der Waals surface area contributed by atoms with Crippen LogP contribution in [0.3, 0.4) is 0 Å². The zero-order valence-corrected chi connectivity index (χ0v) is 12.6. The van der Waals surface area contributed by atoms with E-state index in [1.807, 2.05) is 0 Å². The Bertz CT molecular complexity index is 295. The van der Waals surface area contributed by atoms with Gasteiger partial charge in [-0.15, -0.1) is 0 Å². The average Bonchev–Trinajstić information content (AvgIpc) is 2.39. The highest BCUT2D eigenvalue weighted by Crippen LogP contribution is 2.40. The molecule has 1 saturated heterocycles. The topological polar surface area (TPSA) is 41.1 Å². The van der Waals surface area contributed by atoms with Crippen LogP contribution in [0.4, 0.5) is 0 Å². The summed E-state index contributed by atoms with van der Waals surface area (Å²) in [6.07, 6.45) is 8.50. The number of carbonyl (C=O) groups is 1. The molecule has 1 saturated carbocycles. The van der Waals surface area contributed by atoms with Crippen molar-refractivity contribution in [3.63, 3.8) is 0 Å². The van der Waals surface area contributed by atoms with E-state index in [1.165, 1.54) is 38.6 Å². The second-order valence-corrected chi connectivity index (χ2v) is 7.08. The fraction of sp³-hybridized carbons (Fsp3) is 0.938. The molecule has 0 bridgehead atoms. The molecule has 1 amide bonds. The van der Waals surface area contributed by atoms with Gasteiger partial charge in [0.1, 0.15) is 0 Å². The lowest BCUT2D eigenvalue weighted by molar-refractivity contribution is -0.130. The third-order valence-corrected chi connectivity index (χ3v) is 5.07. The molecular formula is C16H30N2O. The van der Waals surface area contributed by atoms with Gasteiger partial charge in [0.05, 0.1) is 0 Å². The van der Waals surface area contributed by atoms with Gasteiger partial charge in [-0.25, -0.2) is 0 Å². The maximum Gasteiger partial charge on any atom is 0.223 e. The van der Waals surface area contributed by atoms with Crippen molar-refractivity contribution in [3.8, 4) is 0 Å². The summed E-state index contributed by atoms with van der Waals surface area (Å²) in [6.45, 7) is 7.66. The predicted molar refractivity (Wildman–Crippen MR) is 79.0 cm³/mol. The Morgan fingerprint density at radius 1 is 1.26 bits per heavy atom. The second kappa shape index (κ2) is 6.74. The minimum absolute atomic E-state index is 0.189. The smallest absolute Gasteiger partial charge is 0.223 e. The molecule has 2 atom stereocenters. The van der Waals surface area contributed by atoms with Gasteiger partial charge < -0.3 is 10.6 Å². The minimum atomic E-state index is 0.189. The van der Waals surface area contributed by atoms with Gasteiger partial charge in [0.2, 0.25) is 5.91 Å². The van der Waals surface area contributed by atoms with E-state index in [0.29, 0.717) is 5.91 Å². The molecule has 2 unspecified atom stereocenters. The normalized spacial score (nSPS) is 30.8. The second-order valence-electron chi connectivity index (χ2n) is 7.08. The maximum absolute atomic E-state index is 12.3. The van der Waals surface area contributed by atoms with Gasteiger partial charge in [-0.1, -0.05) is 26.7 Å². The summed E-state index contributed by atoms with van der Waals surface area (Å²) in [5.41, 5.74) is 0.189. The summed E-state index contributed by atoms with van der Waals surface area (Å²) >= 11 is 0. The fourth-order valence-corrected chi connectivity index (χ4v) is 3.67. The monoisotopic (exact) mass is 266 g/mol. The van der Waals surface area contributed by atoms with E-state index < -0.39 is 0 Å². The average molecular weight is 266 g/mol. The molecular weight excluding hydrogens is 236 g/mol. The molecule has 0 spiro atoms. The highest BCUT2D eigenvalue weighted by Gasteiger charge is 2.36. The molecule has 0 aromatic heterocycles. The van der Waals surface area contributed by atoms with Crippen molar-refractivity contribution in [3.05, 3.63) is 0 Å². The van der Waals surface area contributed by atoms with Crippen molar-refractivity contribution < 1.29 is 4.79 Å². The number of carbonyl (C=O) groups excluding carboxylic acids is 1. The zero-order chi connectivity index (χ0) is 13.7. The highest BCUT2D eigenvalue weighted by atomic mass is 16.1. The zero-order valence-electron chi connectivity index (χ0n) is 12.6. The van der Waals surface area contributed by atoms with Crippen LogP contribution in [0.5, 0.6) is 0 Å². The van der Waals surface area contributed by atoms with Crippen LogP contribution in [0.25, 0.3) is 0 Å². The van der Waals surface area contributed by atoms with E-state index in [1.54, 1.807) is 0 Å². The SMILES string of the molecule is CC1(C)CCCCC1C(=O)NCCC1CCCNC1. The molecule has 0 aromatic carbocycles. The van der Waals surface area contributed by atoms with Crippen molar-refractivity contribution in [2.75, 3.05) is 19.6 Å². The van der Waals surface area contributed by atoms with Crippen molar-refractivity contribution in [1.29, 1.82) is 0 Å². The number of amides is 1. The summed E-state index contributed by atoms with van der Waals surface area (Å²) in [4.78, 5) is 12.3. The van der Waals surface area contributed by atoms with Crippen LogP contribution in [0.2, 0.25) is 0 Å². The quantitative estimate of drug-likeness (QED) is 0.821. The Hall–Kier alpha value is -0.570. The first kappa shape index (κ1) is 14.8. The number of nitrogens with one attached hydrogen (secondary N) is 2. The van der Waals surface area contributed by atoms with Gasteiger partial charge in [0.25, 0.3) is 0 Å². The highest BCUT2D eigenvalue weighted by molar-refractivity contribution is 5.79. The molecule has 3 nitrogen and oxygen atoms in total. The number of hydrogen-bond donors (Lipinski definition) is 2. The van der Waals surface area contributed by atoms with Gasteiger partial charge in [-0.2, -0.15) is 0 Å². The summed E-state index contributed by atoms with van der Waals surface area (Å²) in [5.74, 6) is 1.28. The molecule has 0 radical (unpaired) electrons. The molecule has 110 valence electrons. The fourth-order valence-electron chi connectivity index (χ4n) is 3.67. The third-order valence-electron chi connectivity index (χ3n) is 5.07. The van der Waals surface area contributed by atoms with Crippen LogP contribution < -0.4 is 10.6 Å². The Morgan fingerprint density at radius 3 is 2.79 bits per heavy atom. The lowest BCUT2D eigenvalue weighted by Crippen LogP contribution is -2.42. The number of rotatable bonds is 4. The van der Waals surface area contributed by atoms with Crippen molar-refractivity contribution >= 4 is 5.91 Å². The molecule has 1 aliphatic heterocycles. The third kappa shape index (κ3) is 4.20. The van der Waals surface area contributed by atoms with Crippen molar-refractivity contribution in [2.45, 2.75) is 58.8 Å². The van der Waals surface area contributed by atoms with E-state index in [9.17, 15) is 4.79 Å². The first-order chi connectivity index (χ1) is 9.09. The molecule has 2 rings (SSSR count). The minimum Gasteiger partial charge on any atom is -0.356 e. The maximum atomic E-state index is 12.3. The first-order valence-electron chi connectivity index (χ1n) is 8.08. The van der Waals surface area contributed by atoms with Crippen LogP contribution in [0.15, 0.2) is 0 Å². The Kier molecular flexibility index (Phi) is 5.26. The Labute approximate surface area is 117 Å². The molecule has 2 N–H and O–H groups in total. The summed E-state index contributed by atoms with van der Waals surface area (Å²) in [6, 6.07) is 0. The lowest BCUT2D eigenvalue weighted by atomic mass is 9.68. The van der Waals surface area contributed by atoms with Gasteiger partial charge in [0.15, 0.2) is 0 Å². The van der Waals surface area contributed by atoms with Crippen LogP contribution in [-0.2, 0) is 4.79 Å². The predicted octanol–water partition coefficient (Wildman–Crippen LogP) is 2.71. The summed E-state index contributed by atoms with van der Waals surface area (Å²) in [7, 11) is 0. The van der Waals surface area contributed by atoms with Gasteiger partial charge >= 0.3 is 0 Å². The molecule has 3 heteroatoms. The Balaban J connectivity index is 1.71. The molecule has 0 aromatic rings. The molecule has 1 aliphatic carbocycles. The van der Waals surface area contributed by atoms with Gasteiger partial charge in [-0.05, 0) is 56.5 Å². The molecule has 2 fully saturated rings. The van der Waals surface area contributed by atoms with Crippen LogP contribution >= 0.6 is 0 Å². The van der Waals surface area contributed by atoms with Gasteiger partial charge in [0, 0.05) is 12.5 Å². The summed E-state index contributed by atoms with van der Waals surface area (Å²) < 4.78 is 0. The van der Waals surface area contributed by atoms with Gasteiger partial charge in [-0.3, -0.25) is 4.79 Å². The van der Waals surface area contributed by atoms with Crippen LogP contribution in [-0.4, -0.2) is 25.5 Å². The Morgan fingerprint density at radius 2 is 2.11 bits per heavy atom.